The van der Waals surface area contributed by atoms with Crippen molar-refractivity contribution >= 4 is 5.97 Å². The van der Waals surface area contributed by atoms with Gasteiger partial charge in [0.25, 0.3) is 0 Å². The van der Waals surface area contributed by atoms with Crippen molar-refractivity contribution in [3.05, 3.63) is 0 Å². The van der Waals surface area contributed by atoms with Gasteiger partial charge in [-0.2, -0.15) is 0 Å². The molecule has 3 heteroatoms. The number of nitrogens with one attached hydrogen (secondary N) is 1. The van der Waals surface area contributed by atoms with E-state index in [9.17, 15) is 4.79 Å². The van der Waals surface area contributed by atoms with Crippen LogP contribution in [0.15, 0.2) is 0 Å². The Labute approximate surface area is 105 Å². The maximum atomic E-state index is 12.1. The standard InChI is InChI=1S/C14H27NO2/c1-5-11-9-7-8-10-12(11)17-13(16)14(3,4)15-6-2/h11-12,15H,5-10H2,1-4H3. The summed E-state index contributed by atoms with van der Waals surface area (Å²) in [6.07, 6.45) is 5.96. The Balaban J connectivity index is 2.54. The van der Waals surface area contributed by atoms with Crippen molar-refractivity contribution in [3.8, 4) is 0 Å². The Bertz CT molecular complexity index is 251. The van der Waals surface area contributed by atoms with Crippen LogP contribution in [0.25, 0.3) is 0 Å². The number of esters is 1. The lowest BCUT2D eigenvalue weighted by atomic mass is 9.84. The summed E-state index contributed by atoms with van der Waals surface area (Å²) in [5.41, 5.74) is -0.565. The molecule has 2 atom stereocenters. The number of hydrogen-bond acceptors (Lipinski definition) is 3. The van der Waals surface area contributed by atoms with E-state index < -0.39 is 5.54 Å². The van der Waals surface area contributed by atoms with Gasteiger partial charge in [-0.15, -0.1) is 0 Å². The normalized spacial score (nSPS) is 25.6. The summed E-state index contributed by atoms with van der Waals surface area (Å²) in [5, 5.41) is 3.17. The zero-order chi connectivity index (χ0) is 12.9. The third-order valence-corrected chi connectivity index (χ3v) is 3.75. The van der Waals surface area contributed by atoms with Crippen molar-refractivity contribution in [2.45, 2.75) is 71.4 Å². The Morgan fingerprint density at radius 2 is 1.94 bits per heavy atom. The van der Waals surface area contributed by atoms with E-state index in [1.54, 1.807) is 0 Å². The first-order valence-corrected chi connectivity index (χ1v) is 6.97. The van der Waals surface area contributed by atoms with Gasteiger partial charge < -0.3 is 10.1 Å². The second-order valence-corrected chi connectivity index (χ2v) is 5.55. The molecular weight excluding hydrogens is 214 g/mol. The van der Waals surface area contributed by atoms with Crippen LogP contribution in [0.3, 0.4) is 0 Å². The monoisotopic (exact) mass is 241 g/mol. The van der Waals surface area contributed by atoms with E-state index in [-0.39, 0.29) is 12.1 Å². The first-order chi connectivity index (χ1) is 8.01. The van der Waals surface area contributed by atoms with Crippen LogP contribution < -0.4 is 5.32 Å². The lowest BCUT2D eigenvalue weighted by Crippen LogP contribution is -2.49. The van der Waals surface area contributed by atoms with Crippen LogP contribution in [0.1, 0.15) is 59.8 Å². The SMILES string of the molecule is CCNC(C)(C)C(=O)OC1CCCCC1CC. The third-order valence-electron chi connectivity index (χ3n) is 3.75. The average molecular weight is 241 g/mol. The molecule has 0 aromatic carbocycles. The molecular formula is C14H27NO2. The minimum atomic E-state index is -0.565. The summed E-state index contributed by atoms with van der Waals surface area (Å²) >= 11 is 0. The Morgan fingerprint density at radius 3 is 2.53 bits per heavy atom. The van der Waals surface area contributed by atoms with Gasteiger partial charge in [-0.3, -0.25) is 4.79 Å². The van der Waals surface area contributed by atoms with Crippen LogP contribution in [-0.2, 0) is 9.53 Å². The summed E-state index contributed by atoms with van der Waals surface area (Å²) in [7, 11) is 0. The number of hydrogen-bond donors (Lipinski definition) is 1. The molecule has 100 valence electrons. The van der Waals surface area contributed by atoms with Gasteiger partial charge >= 0.3 is 5.97 Å². The summed E-state index contributed by atoms with van der Waals surface area (Å²) < 4.78 is 5.71. The molecule has 1 saturated carbocycles. The molecule has 0 spiro atoms. The first kappa shape index (κ1) is 14.5. The number of carbonyl (C=O) groups excluding carboxylic acids is 1. The molecule has 0 amide bonds. The van der Waals surface area contributed by atoms with Crippen molar-refractivity contribution in [3.63, 3.8) is 0 Å². The highest BCUT2D eigenvalue weighted by Crippen LogP contribution is 2.29. The van der Waals surface area contributed by atoms with Gasteiger partial charge in [-0.1, -0.05) is 20.3 Å². The first-order valence-electron chi connectivity index (χ1n) is 6.97. The van der Waals surface area contributed by atoms with E-state index in [2.05, 4.69) is 12.2 Å². The molecule has 2 unspecified atom stereocenters. The van der Waals surface area contributed by atoms with Crippen molar-refractivity contribution in [1.82, 2.24) is 5.32 Å². The molecule has 0 saturated heterocycles. The fraction of sp³-hybridized carbons (Fsp3) is 0.929. The quantitative estimate of drug-likeness (QED) is 0.752. The van der Waals surface area contributed by atoms with Crippen LogP contribution in [0.2, 0.25) is 0 Å². The number of ether oxygens (including phenoxy) is 1. The molecule has 1 aliphatic carbocycles. The maximum absolute atomic E-state index is 12.1. The predicted octanol–water partition coefficient (Wildman–Crippen LogP) is 2.89. The van der Waals surface area contributed by atoms with Crippen molar-refractivity contribution < 1.29 is 9.53 Å². The van der Waals surface area contributed by atoms with Gasteiger partial charge in [0, 0.05) is 0 Å². The minimum absolute atomic E-state index is 0.107. The summed E-state index contributed by atoms with van der Waals surface area (Å²) in [4.78, 5) is 12.1. The summed E-state index contributed by atoms with van der Waals surface area (Å²) in [6.45, 7) is 8.76. The van der Waals surface area contributed by atoms with Gasteiger partial charge in [0.15, 0.2) is 0 Å². The Hall–Kier alpha value is -0.570. The zero-order valence-corrected chi connectivity index (χ0v) is 11.7. The fourth-order valence-corrected chi connectivity index (χ4v) is 2.59. The van der Waals surface area contributed by atoms with Gasteiger partial charge in [-0.05, 0) is 52.0 Å². The molecule has 17 heavy (non-hydrogen) atoms. The van der Waals surface area contributed by atoms with E-state index in [4.69, 9.17) is 4.74 Å². The van der Waals surface area contributed by atoms with Crippen LogP contribution in [0.4, 0.5) is 0 Å². The van der Waals surface area contributed by atoms with Gasteiger partial charge in [0.05, 0.1) is 0 Å². The highest BCUT2D eigenvalue weighted by Gasteiger charge is 2.33. The van der Waals surface area contributed by atoms with Crippen molar-refractivity contribution in [2.24, 2.45) is 5.92 Å². The topological polar surface area (TPSA) is 38.3 Å². The lowest BCUT2D eigenvalue weighted by Gasteiger charge is -2.33. The van der Waals surface area contributed by atoms with E-state index in [0.29, 0.717) is 5.92 Å². The molecule has 3 nitrogen and oxygen atoms in total. The molecule has 0 aliphatic heterocycles. The molecule has 1 rings (SSSR count). The van der Waals surface area contributed by atoms with Gasteiger partial charge in [-0.25, -0.2) is 0 Å². The molecule has 1 fully saturated rings. The molecule has 0 aromatic heterocycles. The van der Waals surface area contributed by atoms with Crippen molar-refractivity contribution in [2.75, 3.05) is 6.54 Å². The molecule has 0 aromatic rings. The van der Waals surface area contributed by atoms with E-state index in [1.165, 1.54) is 19.3 Å². The number of rotatable bonds is 5. The van der Waals surface area contributed by atoms with Gasteiger partial charge in [0.1, 0.15) is 11.6 Å². The van der Waals surface area contributed by atoms with Gasteiger partial charge in [0.2, 0.25) is 0 Å². The molecule has 0 radical (unpaired) electrons. The molecule has 1 N–H and O–H groups in total. The van der Waals surface area contributed by atoms with Crippen LogP contribution in [-0.4, -0.2) is 24.2 Å². The van der Waals surface area contributed by atoms with Crippen molar-refractivity contribution in [1.29, 1.82) is 0 Å². The summed E-state index contributed by atoms with van der Waals surface area (Å²) in [6, 6.07) is 0. The third kappa shape index (κ3) is 3.98. The highest BCUT2D eigenvalue weighted by atomic mass is 16.5. The van der Waals surface area contributed by atoms with Crippen LogP contribution >= 0.6 is 0 Å². The fourth-order valence-electron chi connectivity index (χ4n) is 2.59. The number of likely N-dealkylation sites (N-methyl/N-ethyl adjacent to an activating group) is 1. The Morgan fingerprint density at radius 1 is 1.29 bits per heavy atom. The number of carbonyl (C=O) groups is 1. The summed E-state index contributed by atoms with van der Waals surface area (Å²) in [5.74, 6) is 0.454. The maximum Gasteiger partial charge on any atom is 0.326 e. The second-order valence-electron chi connectivity index (χ2n) is 5.55. The van der Waals surface area contributed by atoms with E-state index >= 15 is 0 Å². The highest BCUT2D eigenvalue weighted by molar-refractivity contribution is 5.79. The van der Waals surface area contributed by atoms with Crippen LogP contribution in [0, 0.1) is 5.92 Å². The second kappa shape index (κ2) is 6.39. The Kier molecular flexibility index (Phi) is 5.44. The predicted molar refractivity (Wildman–Crippen MR) is 69.9 cm³/mol. The van der Waals surface area contributed by atoms with Crippen LogP contribution in [0.5, 0.6) is 0 Å². The smallest absolute Gasteiger partial charge is 0.326 e. The molecule has 0 heterocycles. The lowest BCUT2D eigenvalue weighted by molar-refractivity contribution is -0.160. The molecule has 1 aliphatic rings. The van der Waals surface area contributed by atoms with E-state index in [0.717, 1.165) is 19.4 Å². The minimum Gasteiger partial charge on any atom is -0.461 e. The largest absolute Gasteiger partial charge is 0.461 e. The average Bonchev–Trinajstić information content (AvgIpc) is 2.29. The zero-order valence-electron chi connectivity index (χ0n) is 11.7. The van der Waals surface area contributed by atoms with E-state index in [1.807, 2.05) is 20.8 Å². The molecule has 0 bridgehead atoms.